The van der Waals surface area contributed by atoms with Crippen molar-refractivity contribution in [3.63, 3.8) is 0 Å². The number of nitrogens with zero attached hydrogens (tertiary/aromatic N) is 1. The predicted octanol–water partition coefficient (Wildman–Crippen LogP) is 1.86. The van der Waals surface area contributed by atoms with Gasteiger partial charge in [-0.25, -0.2) is 0 Å². The Morgan fingerprint density at radius 1 is 1.35 bits per heavy atom. The summed E-state index contributed by atoms with van der Waals surface area (Å²) in [4.78, 5) is 2.70. The minimum atomic E-state index is 0.652. The molecule has 17 heavy (non-hydrogen) atoms. The van der Waals surface area contributed by atoms with Gasteiger partial charge in [-0.1, -0.05) is 13.3 Å². The molecule has 1 saturated carbocycles. The molecule has 2 aliphatic rings. The molecular weight excluding hydrogens is 212 g/mol. The Bertz CT molecular complexity index is 228. The van der Waals surface area contributed by atoms with Crippen molar-refractivity contribution in [2.75, 3.05) is 26.3 Å². The van der Waals surface area contributed by atoms with Crippen LogP contribution in [0.5, 0.6) is 0 Å². The number of hydrogen-bond donors (Lipinski definition) is 1. The van der Waals surface area contributed by atoms with Gasteiger partial charge in [0.05, 0.1) is 6.61 Å². The second-order valence-electron chi connectivity index (χ2n) is 5.69. The summed E-state index contributed by atoms with van der Waals surface area (Å²) in [5.41, 5.74) is 5.92. The van der Waals surface area contributed by atoms with E-state index in [0.717, 1.165) is 44.2 Å². The highest BCUT2D eigenvalue weighted by Gasteiger charge is 2.36. The summed E-state index contributed by atoms with van der Waals surface area (Å²) in [6, 6.07) is 1.38. The topological polar surface area (TPSA) is 38.5 Å². The van der Waals surface area contributed by atoms with Crippen LogP contribution in [0.25, 0.3) is 0 Å². The molecule has 4 unspecified atom stereocenters. The van der Waals surface area contributed by atoms with Gasteiger partial charge in [0.2, 0.25) is 0 Å². The van der Waals surface area contributed by atoms with Gasteiger partial charge in [0, 0.05) is 18.7 Å². The molecule has 1 saturated heterocycles. The molecular formula is C14H28N2O. The van der Waals surface area contributed by atoms with E-state index >= 15 is 0 Å². The normalized spacial score (nSPS) is 35.6. The van der Waals surface area contributed by atoms with Crippen molar-refractivity contribution < 1.29 is 4.74 Å². The second kappa shape index (κ2) is 6.17. The Hall–Kier alpha value is -0.120. The molecule has 4 atom stereocenters. The predicted molar refractivity (Wildman–Crippen MR) is 71.0 cm³/mol. The Morgan fingerprint density at radius 2 is 2.18 bits per heavy atom. The molecule has 2 fully saturated rings. The maximum absolute atomic E-state index is 5.92. The average Bonchev–Trinajstić information content (AvgIpc) is 3.01. The molecule has 0 bridgehead atoms. The van der Waals surface area contributed by atoms with E-state index in [2.05, 4.69) is 18.7 Å². The molecule has 0 aromatic rings. The molecule has 0 aromatic heterocycles. The van der Waals surface area contributed by atoms with Gasteiger partial charge >= 0.3 is 0 Å². The summed E-state index contributed by atoms with van der Waals surface area (Å²) >= 11 is 0. The van der Waals surface area contributed by atoms with Gasteiger partial charge in [0.1, 0.15) is 0 Å². The smallest absolute Gasteiger partial charge is 0.0509 e. The van der Waals surface area contributed by atoms with Gasteiger partial charge in [-0.05, 0) is 51.1 Å². The van der Waals surface area contributed by atoms with Crippen molar-refractivity contribution in [1.82, 2.24) is 4.90 Å². The lowest BCUT2D eigenvalue weighted by Crippen LogP contribution is -2.48. The van der Waals surface area contributed by atoms with Crippen LogP contribution in [0, 0.1) is 11.8 Å². The van der Waals surface area contributed by atoms with Crippen LogP contribution >= 0.6 is 0 Å². The highest BCUT2D eigenvalue weighted by Crippen LogP contribution is 2.33. The standard InChI is InChI=1S/C14H28N2O/c1-3-16(11(2)13-7-8-17-10-13)14-6-4-5-12(14)9-15/h11-14H,3-10,15H2,1-2H3. The van der Waals surface area contributed by atoms with Gasteiger partial charge in [-0.2, -0.15) is 0 Å². The van der Waals surface area contributed by atoms with E-state index in [1.807, 2.05) is 0 Å². The highest BCUT2D eigenvalue weighted by atomic mass is 16.5. The van der Waals surface area contributed by atoms with Crippen LogP contribution < -0.4 is 5.73 Å². The zero-order chi connectivity index (χ0) is 12.3. The first kappa shape index (κ1) is 13.3. The first-order chi connectivity index (χ1) is 8.27. The van der Waals surface area contributed by atoms with Crippen molar-refractivity contribution in [1.29, 1.82) is 0 Å². The van der Waals surface area contributed by atoms with Gasteiger partial charge in [0.15, 0.2) is 0 Å². The third-order valence-corrected chi connectivity index (χ3v) is 4.88. The molecule has 0 amide bonds. The summed E-state index contributed by atoms with van der Waals surface area (Å²) in [7, 11) is 0. The Labute approximate surface area is 106 Å². The van der Waals surface area contributed by atoms with Gasteiger partial charge < -0.3 is 10.5 Å². The van der Waals surface area contributed by atoms with Gasteiger partial charge in [0.25, 0.3) is 0 Å². The minimum absolute atomic E-state index is 0.652. The molecule has 1 aliphatic carbocycles. The van der Waals surface area contributed by atoms with Crippen molar-refractivity contribution in [2.45, 2.75) is 51.6 Å². The highest BCUT2D eigenvalue weighted by molar-refractivity contribution is 4.90. The van der Waals surface area contributed by atoms with Gasteiger partial charge in [-0.3, -0.25) is 4.90 Å². The summed E-state index contributed by atoms with van der Waals surface area (Å²) < 4.78 is 5.54. The lowest BCUT2D eigenvalue weighted by molar-refractivity contribution is 0.0786. The second-order valence-corrected chi connectivity index (χ2v) is 5.69. The summed E-state index contributed by atoms with van der Waals surface area (Å²) in [6.45, 7) is 8.59. The molecule has 1 heterocycles. The molecule has 3 heteroatoms. The number of nitrogens with two attached hydrogens (primary N) is 1. The fourth-order valence-electron chi connectivity index (χ4n) is 3.76. The van der Waals surface area contributed by atoms with Crippen molar-refractivity contribution in [2.24, 2.45) is 17.6 Å². The van der Waals surface area contributed by atoms with Crippen molar-refractivity contribution in [3.8, 4) is 0 Å². The fourth-order valence-corrected chi connectivity index (χ4v) is 3.76. The Morgan fingerprint density at radius 3 is 2.76 bits per heavy atom. The van der Waals surface area contributed by atoms with Crippen LogP contribution in [0.15, 0.2) is 0 Å². The molecule has 2 rings (SSSR count). The monoisotopic (exact) mass is 240 g/mol. The maximum atomic E-state index is 5.92. The lowest BCUT2D eigenvalue weighted by Gasteiger charge is -2.39. The largest absolute Gasteiger partial charge is 0.381 e. The number of rotatable bonds is 5. The van der Waals surface area contributed by atoms with E-state index in [4.69, 9.17) is 10.5 Å². The Balaban J connectivity index is 1.98. The summed E-state index contributed by atoms with van der Waals surface area (Å²) in [6.07, 6.45) is 5.26. The van der Waals surface area contributed by atoms with E-state index in [9.17, 15) is 0 Å². The van der Waals surface area contributed by atoms with E-state index < -0.39 is 0 Å². The van der Waals surface area contributed by atoms with E-state index in [0.29, 0.717) is 6.04 Å². The molecule has 0 aromatic carbocycles. The summed E-state index contributed by atoms with van der Waals surface area (Å²) in [5, 5.41) is 0. The van der Waals surface area contributed by atoms with E-state index in [1.165, 1.54) is 25.7 Å². The van der Waals surface area contributed by atoms with Crippen LogP contribution in [0.2, 0.25) is 0 Å². The average molecular weight is 240 g/mol. The molecule has 100 valence electrons. The van der Waals surface area contributed by atoms with E-state index in [-0.39, 0.29) is 0 Å². The molecule has 3 nitrogen and oxygen atoms in total. The first-order valence-electron chi connectivity index (χ1n) is 7.31. The van der Waals surface area contributed by atoms with Crippen molar-refractivity contribution >= 4 is 0 Å². The number of ether oxygens (including phenoxy) is 1. The van der Waals surface area contributed by atoms with Crippen molar-refractivity contribution in [3.05, 3.63) is 0 Å². The SMILES string of the molecule is CCN(C(C)C1CCOC1)C1CCCC1CN. The minimum Gasteiger partial charge on any atom is -0.381 e. The van der Waals surface area contributed by atoms with Crippen LogP contribution in [0.1, 0.15) is 39.5 Å². The first-order valence-corrected chi connectivity index (χ1v) is 7.31. The lowest BCUT2D eigenvalue weighted by atomic mass is 9.94. The quantitative estimate of drug-likeness (QED) is 0.797. The van der Waals surface area contributed by atoms with Crippen LogP contribution in [0.4, 0.5) is 0 Å². The molecule has 2 N–H and O–H groups in total. The van der Waals surface area contributed by atoms with Crippen LogP contribution in [-0.4, -0.2) is 43.3 Å². The summed E-state index contributed by atoms with van der Waals surface area (Å²) in [5.74, 6) is 1.45. The van der Waals surface area contributed by atoms with Gasteiger partial charge in [-0.15, -0.1) is 0 Å². The molecule has 1 aliphatic heterocycles. The third-order valence-electron chi connectivity index (χ3n) is 4.88. The molecule has 0 radical (unpaired) electrons. The van der Waals surface area contributed by atoms with Crippen LogP contribution in [0.3, 0.4) is 0 Å². The third kappa shape index (κ3) is 2.83. The van der Waals surface area contributed by atoms with E-state index in [1.54, 1.807) is 0 Å². The number of hydrogen-bond acceptors (Lipinski definition) is 3. The Kier molecular flexibility index (Phi) is 4.83. The van der Waals surface area contributed by atoms with Crippen LogP contribution in [-0.2, 0) is 4.74 Å². The zero-order valence-corrected chi connectivity index (χ0v) is 11.4. The zero-order valence-electron chi connectivity index (χ0n) is 11.4. The maximum Gasteiger partial charge on any atom is 0.0509 e. The fraction of sp³-hybridized carbons (Fsp3) is 1.00. The molecule has 0 spiro atoms.